The molecular formula is C23H18BrN3O2. The average Bonchev–Trinajstić information content (AvgIpc) is 3.19. The lowest BCUT2D eigenvalue weighted by atomic mass is 10.1. The Morgan fingerprint density at radius 3 is 2.31 bits per heavy atom. The Morgan fingerprint density at radius 1 is 0.897 bits per heavy atom. The van der Waals surface area contributed by atoms with Crippen molar-refractivity contribution >= 4 is 33.3 Å². The van der Waals surface area contributed by atoms with Gasteiger partial charge in [-0.1, -0.05) is 51.8 Å². The van der Waals surface area contributed by atoms with Crippen molar-refractivity contribution in [1.29, 1.82) is 0 Å². The van der Waals surface area contributed by atoms with Crippen molar-refractivity contribution in [3.63, 3.8) is 0 Å². The number of anilines is 2. The summed E-state index contributed by atoms with van der Waals surface area (Å²) in [6.07, 6.45) is 1.65. The van der Waals surface area contributed by atoms with E-state index in [0.29, 0.717) is 17.3 Å². The molecule has 1 heterocycles. The third-order valence-electron chi connectivity index (χ3n) is 4.32. The van der Waals surface area contributed by atoms with Crippen LogP contribution in [0, 0.1) is 6.92 Å². The smallest absolute Gasteiger partial charge is 0.323 e. The minimum Gasteiger partial charge on any atom is -0.444 e. The minimum atomic E-state index is -0.311. The van der Waals surface area contributed by atoms with Gasteiger partial charge in [0.15, 0.2) is 0 Å². The molecule has 5 nitrogen and oxygen atoms in total. The summed E-state index contributed by atoms with van der Waals surface area (Å²) in [7, 11) is 0. The topological polar surface area (TPSA) is 67.2 Å². The maximum atomic E-state index is 12.2. The first-order valence-corrected chi connectivity index (χ1v) is 9.83. The van der Waals surface area contributed by atoms with Crippen LogP contribution in [-0.2, 0) is 0 Å². The summed E-state index contributed by atoms with van der Waals surface area (Å²) >= 11 is 3.38. The van der Waals surface area contributed by atoms with Crippen LogP contribution >= 0.6 is 15.9 Å². The van der Waals surface area contributed by atoms with Gasteiger partial charge in [-0.05, 0) is 49.4 Å². The van der Waals surface area contributed by atoms with Crippen molar-refractivity contribution < 1.29 is 9.21 Å². The summed E-state index contributed by atoms with van der Waals surface area (Å²) in [5, 5.41) is 5.60. The Hall–Kier alpha value is -3.38. The Kier molecular flexibility index (Phi) is 5.44. The molecule has 0 fully saturated rings. The van der Waals surface area contributed by atoms with Gasteiger partial charge in [-0.25, -0.2) is 9.78 Å². The second-order valence-corrected chi connectivity index (χ2v) is 7.49. The molecule has 0 aliphatic carbocycles. The van der Waals surface area contributed by atoms with Gasteiger partial charge in [0, 0.05) is 27.0 Å². The predicted molar refractivity (Wildman–Crippen MR) is 119 cm³/mol. The third-order valence-corrected chi connectivity index (χ3v) is 4.82. The molecule has 0 unspecified atom stereocenters. The van der Waals surface area contributed by atoms with E-state index in [1.165, 1.54) is 5.56 Å². The summed E-state index contributed by atoms with van der Waals surface area (Å²) in [5.74, 6) is 0.533. The van der Waals surface area contributed by atoms with Crippen LogP contribution in [0.3, 0.4) is 0 Å². The highest BCUT2D eigenvalue weighted by Crippen LogP contribution is 2.26. The SMILES string of the molecule is Cc1ccc(-c2coc(-c3ccc(NC(=O)Nc4cccc(Br)c4)cc3)n2)cc1. The molecular weight excluding hydrogens is 430 g/mol. The van der Waals surface area contributed by atoms with Gasteiger partial charge in [0.05, 0.1) is 0 Å². The Morgan fingerprint density at radius 2 is 1.59 bits per heavy atom. The molecule has 0 atom stereocenters. The second-order valence-electron chi connectivity index (χ2n) is 6.57. The Labute approximate surface area is 176 Å². The van der Waals surface area contributed by atoms with Crippen molar-refractivity contribution in [2.75, 3.05) is 10.6 Å². The molecule has 3 aromatic carbocycles. The number of nitrogens with zero attached hydrogens (tertiary/aromatic N) is 1. The fourth-order valence-electron chi connectivity index (χ4n) is 2.82. The van der Waals surface area contributed by atoms with Crippen LogP contribution in [0.2, 0.25) is 0 Å². The molecule has 1 aromatic heterocycles. The Bertz CT molecular complexity index is 1140. The molecule has 4 aromatic rings. The van der Waals surface area contributed by atoms with E-state index in [1.807, 2.05) is 79.7 Å². The summed E-state index contributed by atoms with van der Waals surface area (Å²) in [5.41, 5.74) is 5.21. The van der Waals surface area contributed by atoms with Gasteiger partial charge in [-0.3, -0.25) is 0 Å². The van der Waals surface area contributed by atoms with Crippen LogP contribution in [0.5, 0.6) is 0 Å². The van der Waals surface area contributed by atoms with Crippen LogP contribution < -0.4 is 10.6 Å². The summed E-state index contributed by atoms with van der Waals surface area (Å²) in [6.45, 7) is 2.05. The number of carbonyl (C=O) groups excluding carboxylic acids is 1. The van der Waals surface area contributed by atoms with Gasteiger partial charge in [0.1, 0.15) is 12.0 Å². The lowest BCUT2D eigenvalue weighted by Crippen LogP contribution is -2.19. The molecule has 0 aliphatic heterocycles. The van der Waals surface area contributed by atoms with Gasteiger partial charge >= 0.3 is 6.03 Å². The van der Waals surface area contributed by atoms with Crippen LogP contribution in [0.1, 0.15) is 5.56 Å². The monoisotopic (exact) mass is 447 g/mol. The van der Waals surface area contributed by atoms with E-state index < -0.39 is 0 Å². The summed E-state index contributed by atoms with van der Waals surface area (Å²) in [4.78, 5) is 16.7. The van der Waals surface area contributed by atoms with Crippen molar-refractivity contribution in [3.05, 3.63) is 89.1 Å². The number of hydrogen-bond donors (Lipinski definition) is 2. The number of carbonyl (C=O) groups is 1. The van der Waals surface area contributed by atoms with E-state index in [0.717, 1.165) is 21.3 Å². The fraction of sp³-hybridized carbons (Fsp3) is 0.0435. The number of halogens is 1. The number of oxazole rings is 1. The van der Waals surface area contributed by atoms with E-state index in [4.69, 9.17) is 4.42 Å². The number of amides is 2. The fourth-order valence-corrected chi connectivity index (χ4v) is 3.22. The van der Waals surface area contributed by atoms with E-state index >= 15 is 0 Å². The van der Waals surface area contributed by atoms with E-state index in [-0.39, 0.29) is 6.03 Å². The third kappa shape index (κ3) is 4.73. The molecule has 2 N–H and O–H groups in total. The summed E-state index contributed by atoms with van der Waals surface area (Å²) < 4.78 is 6.53. The molecule has 2 amide bonds. The molecule has 0 bridgehead atoms. The molecule has 0 radical (unpaired) electrons. The van der Waals surface area contributed by atoms with Crippen molar-refractivity contribution in [2.45, 2.75) is 6.92 Å². The number of benzene rings is 3. The van der Waals surface area contributed by atoms with Crippen LogP contribution in [-0.4, -0.2) is 11.0 Å². The average molecular weight is 448 g/mol. The highest BCUT2D eigenvalue weighted by Gasteiger charge is 2.09. The van der Waals surface area contributed by atoms with Crippen LogP contribution in [0.25, 0.3) is 22.7 Å². The predicted octanol–water partition coefficient (Wildman–Crippen LogP) is 6.72. The maximum absolute atomic E-state index is 12.2. The highest BCUT2D eigenvalue weighted by molar-refractivity contribution is 9.10. The number of nitrogens with one attached hydrogen (secondary N) is 2. The zero-order valence-electron chi connectivity index (χ0n) is 15.6. The zero-order valence-corrected chi connectivity index (χ0v) is 17.2. The Balaban J connectivity index is 1.43. The zero-order chi connectivity index (χ0) is 20.2. The molecule has 0 saturated heterocycles. The molecule has 6 heteroatoms. The van der Waals surface area contributed by atoms with Crippen molar-refractivity contribution in [3.8, 4) is 22.7 Å². The minimum absolute atomic E-state index is 0.311. The molecule has 29 heavy (non-hydrogen) atoms. The number of aryl methyl sites for hydroxylation is 1. The number of hydrogen-bond acceptors (Lipinski definition) is 3. The quantitative estimate of drug-likeness (QED) is 0.364. The second kappa shape index (κ2) is 8.32. The van der Waals surface area contributed by atoms with Gasteiger partial charge < -0.3 is 15.1 Å². The lowest BCUT2D eigenvalue weighted by Gasteiger charge is -2.08. The molecule has 0 saturated carbocycles. The van der Waals surface area contributed by atoms with Crippen LogP contribution in [0.15, 0.2) is 87.9 Å². The van der Waals surface area contributed by atoms with Crippen molar-refractivity contribution in [2.24, 2.45) is 0 Å². The first-order valence-electron chi connectivity index (χ1n) is 9.03. The summed E-state index contributed by atoms with van der Waals surface area (Å²) in [6, 6.07) is 22.6. The van der Waals surface area contributed by atoms with Crippen LogP contribution in [0.4, 0.5) is 16.2 Å². The first kappa shape index (κ1) is 19.0. The normalized spacial score (nSPS) is 10.6. The lowest BCUT2D eigenvalue weighted by molar-refractivity contribution is 0.262. The number of rotatable bonds is 4. The largest absolute Gasteiger partial charge is 0.444 e. The number of urea groups is 1. The van der Waals surface area contributed by atoms with E-state index in [1.54, 1.807) is 6.26 Å². The number of aromatic nitrogens is 1. The molecule has 0 spiro atoms. The highest BCUT2D eigenvalue weighted by atomic mass is 79.9. The standard InChI is InChI=1S/C23H18BrN3O2/c1-15-5-7-16(8-6-15)21-14-29-22(27-21)17-9-11-19(12-10-17)25-23(28)26-20-4-2-3-18(24)13-20/h2-14H,1H3,(H2,25,26,28). The first-order chi connectivity index (χ1) is 14.1. The van der Waals surface area contributed by atoms with Gasteiger partial charge in [0.2, 0.25) is 5.89 Å². The van der Waals surface area contributed by atoms with E-state index in [9.17, 15) is 4.79 Å². The van der Waals surface area contributed by atoms with Gasteiger partial charge in [-0.15, -0.1) is 0 Å². The van der Waals surface area contributed by atoms with Crippen molar-refractivity contribution in [1.82, 2.24) is 4.98 Å². The van der Waals surface area contributed by atoms with Gasteiger partial charge in [0.25, 0.3) is 0 Å². The van der Waals surface area contributed by atoms with E-state index in [2.05, 4.69) is 31.5 Å². The molecule has 4 rings (SSSR count). The molecule has 144 valence electrons. The maximum Gasteiger partial charge on any atom is 0.323 e. The van der Waals surface area contributed by atoms with Gasteiger partial charge in [-0.2, -0.15) is 0 Å². The molecule has 0 aliphatic rings.